The van der Waals surface area contributed by atoms with Crippen LogP contribution < -0.4 is 10.5 Å². The highest BCUT2D eigenvalue weighted by atomic mass is 35.5. The number of carbonyl (C=O) groups is 1. The molecule has 0 aliphatic heterocycles. The highest BCUT2D eigenvalue weighted by molar-refractivity contribution is 5.85. The van der Waals surface area contributed by atoms with Crippen LogP contribution in [0.4, 0.5) is 22.0 Å². The molecule has 0 aliphatic rings. The zero-order valence-corrected chi connectivity index (χ0v) is 12.0. The Bertz CT molecular complexity index is 512. The van der Waals surface area contributed by atoms with Crippen LogP contribution in [0.3, 0.4) is 0 Å². The predicted octanol–water partition coefficient (Wildman–Crippen LogP) is 3.05. The lowest BCUT2D eigenvalue weighted by atomic mass is 10.0. The van der Waals surface area contributed by atoms with E-state index in [1.54, 1.807) is 0 Å². The molecule has 0 aromatic heterocycles. The van der Waals surface area contributed by atoms with Crippen LogP contribution >= 0.6 is 12.4 Å². The van der Waals surface area contributed by atoms with Crippen molar-refractivity contribution in [2.24, 2.45) is 5.73 Å². The Morgan fingerprint density at radius 3 is 2.45 bits per heavy atom. The van der Waals surface area contributed by atoms with Crippen LogP contribution in [0.5, 0.6) is 5.75 Å². The zero-order valence-electron chi connectivity index (χ0n) is 11.2. The summed E-state index contributed by atoms with van der Waals surface area (Å²) in [4.78, 5) is 11.2. The number of hydrogen-bond acceptors (Lipinski definition) is 4. The van der Waals surface area contributed by atoms with Crippen molar-refractivity contribution in [2.75, 3.05) is 6.61 Å². The Morgan fingerprint density at radius 2 is 1.95 bits per heavy atom. The molecule has 0 heterocycles. The Labute approximate surface area is 128 Å². The Hall–Kier alpha value is -1.61. The molecule has 1 unspecified atom stereocenters. The summed E-state index contributed by atoms with van der Waals surface area (Å²) in [5, 5.41) is 0. The van der Waals surface area contributed by atoms with Crippen molar-refractivity contribution in [3.8, 4) is 5.75 Å². The van der Waals surface area contributed by atoms with Gasteiger partial charge in [-0.25, -0.2) is 13.6 Å². The minimum absolute atomic E-state index is 0. The maximum Gasteiger partial charge on any atom is 0.573 e. The highest BCUT2D eigenvalue weighted by Gasteiger charge is 2.33. The molecule has 0 bridgehead atoms. The molecule has 10 heteroatoms. The van der Waals surface area contributed by atoms with Crippen molar-refractivity contribution < 1.29 is 36.2 Å². The molecule has 0 saturated heterocycles. The van der Waals surface area contributed by atoms with Crippen molar-refractivity contribution >= 4 is 18.4 Å². The van der Waals surface area contributed by atoms with E-state index in [1.165, 1.54) is 6.92 Å². The largest absolute Gasteiger partial charge is 0.573 e. The average molecular weight is 350 g/mol. The van der Waals surface area contributed by atoms with Gasteiger partial charge in [-0.3, -0.25) is 0 Å². The lowest BCUT2D eigenvalue weighted by Gasteiger charge is -2.18. The maximum atomic E-state index is 13.7. The summed E-state index contributed by atoms with van der Waals surface area (Å²) >= 11 is 0. The molecule has 0 saturated carbocycles. The number of alkyl halides is 4. The fourth-order valence-electron chi connectivity index (χ4n) is 1.50. The van der Waals surface area contributed by atoms with Crippen LogP contribution in [0.25, 0.3) is 0 Å². The standard InChI is InChI=1S/C12H12F5NO3.ClH/c1-2-20-11(19)9(14)10(18)7-5-6(3-4-8(7)13)21-12(15,16)17;/h3-5,9-10H,2,18H2,1H3;1H/t9?,10-;/m0./s1. The van der Waals surface area contributed by atoms with Crippen LogP contribution in [0.15, 0.2) is 18.2 Å². The summed E-state index contributed by atoms with van der Waals surface area (Å²) in [7, 11) is 0. The SMILES string of the molecule is CCOC(=O)C(F)[C@@H](N)c1cc(OC(F)(F)F)ccc1F.Cl. The summed E-state index contributed by atoms with van der Waals surface area (Å²) in [6.45, 7) is 1.31. The first-order chi connectivity index (χ1) is 9.65. The van der Waals surface area contributed by atoms with E-state index >= 15 is 0 Å². The zero-order chi connectivity index (χ0) is 16.2. The van der Waals surface area contributed by atoms with Crippen molar-refractivity contribution in [2.45, 2.75) is 25.5 Å². The van der Waals surface area contributed by atoms with Crippen molar-refractivity contribution in [3.63, 3.8) is 0 Å². The number of rotatable bonds is 5. The molecule has 22 heavy (non-hydrogen) atoms. The molecule has 0 spiro atoms. The normalized spacial score (nSPS) is 13.8. The van der Waals surface area contributed by atoms with E-state index < -0.39 is 41.7 Å². The lowest BCUT2D eigenvalue weighted by Crippen LogP contribution is -2.32. The van der Waals surface area contributed by atoms with Crippen LogP contribution in [-0.4, -0.2) is 25.1 Å². The smallest absolute Gasteiger partial charge is 0.464 e. The molecule has 0 aliphatic carbocycles. The Kier molecular flexibility index (Phi) is 7.54. The fourth-order valence-corrected chi connectivity index (χ4v) is 1.50. The second kappa shape index (κ2) is 8.14. The number of hydrogen-bond donors (Lipinski definition) is 1. The van der Waals surface area contributed by atoms with Gasteiger partial charge in [0.05, 0.1) is 12.6 Å². The van der Waals surface area contributed by atoms with Gasteiger partial charge in [-0.2, -0.15) is 0 Å². The maximum absolute atomic E-state index is 13.7. The van der Waals surface area contributed by atoms with Crippen molar-refractivity contribution in [1.82, 2.24) is 0 Å². The first-order valence-corrected chi connectivity index (χ1v) is 5.77. The second-order valence-corrected chi connectivity index (χ2v) is 3.91. The molecule has 0 amide bonds. The van der Waals surface area contributed by atoms with Gasteiger partial charge in [0.2, 0.25) is 6.17 Å². The molecule has 1 aromatic rings. The van der Waals surface area contributed by atoms with E-state index in [9.17, 15) is 26.7 Å². The molecular formula is C12H13ClF5NO3. The van der Waals surface area contributed by atoms with Gasteiger partial charge in [-0.1, -0.05) is 0 Å². The third kappa shape index (κ3) is 5.64. The summed E-state index contributed by atoms with van der Waals surface area (Å²) in [5.74, 6) is -3.17. The minimum Gasteiger partial charge on any atom is -0.464 e. The molecule has 126 valence electrons. The molecule has 1 aromatic carbocycles. The first-order valence-electron chi connectivity index (χ1n) is 5.77. The minimum atomic E-state index is -4.99. The van der Waals surface area contributed by atoms with E-state index in [4.69, 9.17) is 5.73 Å². The first kappa shape index (κ1) is 20.4. The molecule has 4 nitrogen and oxygen atoms in total. The highest BCUT2D eigenvalue weighted by Crippen LogP contribution is 2.28. The topological polar surface area (TPSA) is 61.5 Å². The number of benzene rings is 1. The van der Waals surface area contributed by atoms with Gasteiger partial charge in [0, 0.05) is 5.56 Å². The summed E-state index contributed by atoms with van der Waals surface area (Å²) in [5.41, 5.74) is 4.72. The lowest BCUT2D eigenvalue weighted by molar-refractivity contribution is -0.274. The number of nitrogens with two attached hydrogens (primary N) is 1. The van der Waals surface area contributed by atoms with E-state index in [0.717, 1.165) is 0 Å². The molecular weight excluding hydrogens is 337 g/mol. The number of carbonyl (C=O) groups excluding carboxylic acids is 1. The quantitative estimate of drug-likeness (QED) is 0.655. The number of ether oxygens (including phenoxy) is 2. The van der Waals surface area contributed by atoms with Crippen molar-refractivity contribution in [1.29, 1.82) is 0 Å². The predicted molar refractivity (Wildman–Crippen MR) is 68.8 cm³/mol. The van der Waals surface area contributed by atoms with Gasteiger partial charge in [-0.05, 0) is 25.1 Å². The summed E-state index contributed by atoms with van der Waals surface area (Å²) in [6.07, 6.45) is -7.41. The monoisotopic (exact) mass is 349 g/mol. The van der Waals surface area contributed by atoms with Gasteiger partial charge in [0.25, 0.3) is 0 Å². The van der Waals surface area contributed by atoms with Gasteiger partial charge in [0.1, 0.15) is 11.6 Å². The average Bonchev–Trinajstić information content (AvgIpc) is 2.38. The summed E-state index contributed by atoms with van der Waals surface area (Å²) < 4.78 is 71.4. The van der Waals surface area contributed by atoms with Gasteiger partial charge < -0.3 is 15.2 Å². The molecule has 2 N–H and O–H groups in total. The fraction of sp³-hybridized carbons (Fsp3) is 0.417. The number of halogens is 6. The van der Waals surface area contributed by atoms with E-state index in [-0.39, 0.29) is 19.0 Å². The third-order valence-electron chi connectivity index (χ3n) is 2.39. The Morgan fingerprint density at radius 1 is 1.36 bits per heavy atom. The van der Waals surface area contributed by atoms with E-state index in [2.05, 4.69) is 9.47 Å². The molecule has 1 rings (SSSR count). The third-order valence-corrected chi connectivity index (χ3v) is 2.39. The summed E-state index contributed by atoms with van der Waals surface area (Å²) in [6, 6.07) is 0.102. The molecule has 2 atom stereocenters. The second-order valence-electron chi connectivity index (χ2n) is 3.91. The Balaban J connectivity index is 0.00000441. The van der Waals surface area contributed by atoms with Gasteiger partial charge in [0.15, 0.2) is 0 Å². The van der Waals surface area contributed by atoms with E-state index in [0.29, 0.717) is 18.2 Å². The van der Waals surface area contributed by atoms with Crippen LogP contribution in [0.2, 0.25) is 0 Å². The van der Waals surface area contributed by atoms with Crippen LogP contribution in [0.1, 0.15) is 18.5 Å². The van der Waals surface area contributed by atoms with Crippen LogP contribution in [0, 0.1) is 5.82 Å². The van der Waals surface area contributed by atoms with E-state index in [1.807, 2.05) is 0 Å². The molecule has 0 fully saturated rings. The van der Waals surface area contributed by atoms with Gasteiger partial charge >= 0.3 is 12.3 Å². The number of esters is 1. The van der Waals surface area contributed by atoms with Crippen molar-refractivity contribution in [3.05, 3.63) is 29.6 Å². The van der Waals surface area contributed by atoms with Gasteiger partial charge in [-0.15, -0.1) is 25.6 Å². The molecule has 0 radical (unpaired) electrons. The van der Waals surface area contributed by atoms with Crippen LogP contribution in [-0.2, 0) is 9.53 Å².